The quantitative estimate of drug-likeness (QED) is 0.436. The lowest BCUT2D eigenvalue weighted by molar-refractivity contribution is 0.247. The first-order chi connectivity index (χ1) is 7.86. The molecule has 1 aliphatic rings. The van der Waals surface area contributed by atoms with Crippen LogP contribution >= 0.6 is 0 Å². The molecule has 0 aromatic rings. The molecule has 94 valence electrons. The van der Waals surface area contributed by atoms with Crippen LogP contribution in [-0.4, -0.2) is 63.2 Å². The second-order valence-electron chi connectivity index (χ2n) is 3.88. The Morgan fingerprint density at radius 2 is 1.81 bits per heavy atom. The topological polar surface area (TPSA) is 51.7 Å². The van der Waals surface area contributed by atoms with E-state index in [4.69, 9.17) is 0 Å². The van der Waals surface area contributed by atoms with Crippen LogP contribution in [0, 0.1) is 0 Å². The van der Waals surface area contributed by atoms with Gasteiger partial charge in [-0.25, -0.2) is 0 Å². The van der Waals surface area contributed by atoms with Crippen LogP contribution in [0.15, 0.2) is 4.99 Å². The molecule has 5 heteroatoms. The lowest BCUT2D eigenvalue weighted by atomic mass is 10.3. The van der Waals surface area contributed by atoms with Gasteiger partial charge in [0.15, 0.2) is 5.96 Å². The van der Waals surface area contributed by atoms with Gasteiger partial charge in [0.1, 0.15) is 0 Å². The highest BCUT2D eigenvalue weighted by atomic mass is 15.2. The standard InChI is InChI=1S/C11H25N5/c1-3-13-11(14-4-2)15-7-10-16-8-5-12-6-9-16/h12H,3-10H2,1-2H3,(H2,13,14,15). The molecule has 0 unspecified atom stereocenters. The Bertz CT molecular complexity index is 191. The molecule has 0 atom stereocenters. The minimum atomic E-state index is 0.870. The number of rotatable bonds is 5. The maximum absolute atomic E-state index is 4.53. The molecule has 0 spiro atoms. The van der Waals surface area contributed by atoms with E-state index in [1.807, 2.05) is 0 Å². The number of hydrogen-bond donors (Lipinski definition) is 3. The van der Waals surface area contributed by atoms with Gasteiger partial charge in [-0.1, -0.05) is 0 Å². The van der Waals surface area contributed by atoms with E-state index >= 15 is 0 Å². The zero-order valence-corrected chi connectivity index (χ0v) is 10.6. The first kappa shape index (κ1) is 13.3. The van der Waals surface area contributed by atoms with E-state index in [0.717, 1.165) is 58.3 Å². The molecule has 1 rings (SSSR count). The Hall–Kier alpha value is -0.810. The van der Waals surface area contributed by atoms with Crippen molar-refractivity contribution < 1.29 is 0 Å². The van der Waals surface area contributed by atoms with Gasteiger partial charge >= 0.3 is 0 Å². The van der Waals surface area contributed by atoms with E-state index in [9.17, 15) is 0 Å². The Morgan fingerprint density at radius 1 is 1.19 bits per heavy atom. The van der Waals surface area contributed by atoms with E-state index in [1.54, 1.807) is 0 Å². The zero-order valence-electron chi connectivity index (χ0n) is 10.6. The zero-order chi connectivity index (χ0) is 11.6. The minimum Gasteiger partial charge on any atom is -0.357 e. The third kappa shape index (κ3) is 5.32. The second kappa shape index (κ2) is 8.35. The summed E-state index contributed by atoms with van der Waals surface area (Å²) in [4.78, 5) is 6.98. The van der Waals surface area contributed by atoms with E-state index in [0.29, 0.717) is 0 Å². The van der Waals surface area contributed by atoms with Gasteiger partial charge in [-0.15, -0.1) is 0 Å². The summed E-state index contributed by atoms with van der Waals surface area (Å²) in [6.07, 6.45) is 0. The van der Waals surface area contributed by atoms with Crippen molar-refractivity contribution in [1.29, 1.82) is 0 Å². The van der Waals surface area contributed by atoms with Crippen molar-refractivity contribution in [3.63, 3.8) is 0 Å². The summed E-state index contributed by atoms with van der Waals surface area (Å²) in [5.41, 5.74) is 0. The van der Waals surface area contributed by atoms with Crippen LogP contribution in [0.25, 0.3) is 0 Å². The van der Waals surface area contributed by atoms with Crippen molar-refractivity contribution >= 4 is 5.96 Å². The molecule has 0 bridgehead atoms. The number of aliphatic imine (C=N–C) groups is 1. The summed E-state index contributed by atoms with van der Waals surface area (Å²) in [5, 5.41) is 9.81. The van der Waals surface area contributed by atoms with Gasteiger partial charge in [0.2, 0.25) is 0 Å². The molecule has 3 N–H and O–H groups in total. The molecule has 1 heterocycles. The van der Waals surface area contributed by atoms with Crippen molar-refractivity contribution in [3.05, 3.63) is 0 Å². The van der Waals surface area contributed by atoms with Gasteiger partial charge in [0.05, 0.1) is 6.54 Å². The van der Waals surface area contributed by atoms with Crippen molar-refractivity contribution in [2.24, 2.45) is 4.99 Å². The molecule has 16 heavy (non-hydrogen) atoms. The molecule has 0 saturated carbocycles. The van der Waals surface area contributed by atoms with Crippen molar-refractivity contribution in [2.75, 3.05) is 52.4 Å². The largest absolute Gasteiger partial charge is 0.357 e. The second-order valence-corrected chi connectivity index (χ2v) is 3.88. The van der Waals surface area contributed by atoms with Crippen LogP contribution in [0.5, 0.6) is 0 Å². The molecule has 0 aromatic carbocycles. The molecule has 0 aromatic heterocycles. The maximum Gasteiger partial charge on any atom is 0.191 e. The predicted octanol–water partition coefficient (Wildman–Crippen LogP) is -0.533. The fourth-order valence-corrected chi connectivity index (χ4v) is 1.75. The third-order valence-corrected chi connectivity index (χ3v) is 2.58. The molecule has 0 radical (unpaired) electrons. The molecule has 1 aliphatic heterocycles. The molecule has 0 amide bonds. The Balaban J connectivity index is 2.20. The van der Waals surface area contributed by atoms with Gasteiger partial charge in [0, 0.05) is 45.8 Å². The fourth-order valence-electron chi connectivity index (χ4n) is 1.75. The normalized spacial score (nSPS) is 16.9. The van der Waals surface area contributed by atoms with E-state index in [-0.39, 0.29) is 0 Å². The molecular weight excluding hydrogens is 202 g/mol. The van der Waals surface area contributed by atoms with E-state index in [1.165, 1.54) is 0 Å². The average Bonchev–Trinajstić information content (AvgIpc) is 2.31. The van der Waals surface area contributed by atoms with Gasteiger partial charge in [-0.2, -0.15) is 0 Å². The first-order valence-electron chi connectivity index (χ1n) is 6.32. The summed E-state index contributed by atoms with van der Waals surface area (Å²) in [6, 6.07) is 0. The van der Waals surface area contributed by atoms with E-state index in [2.05, 4.69) is 39.7 Å². The highest BCUT2D eigenvalue weighted by Crippen LogP contribution is 1.91. The number of nitrogens with zero attached hydrogens (tertiary/aromatic N) is 2. The van der Waals surface area contributed by atoms with Crippen LogP contribution in [-0.2, 0) is 0 Å². The Morgan fingerprint density at radius 3 is 2.38 bits per heavy atom. The maximum atomic E-state index is 4.53. The Labute approximate surface area is 98.7 Å². The summed E-state index contributed by atoms with van der Waals surface area (Å²) in [7, 11) is 0. The summed E-state index contributed by atoms with van der Waals surface area (Å²) < 4.78 is 0. The highest BCUT2D eigenvalue weighted by Gasteiger charge is 2.07. The highest BCUT2D eigenvalue weighted by molar-refractivity contribution is 5.79. The Kier molecular flexibility index (Phi) is 6.92. The van der Waals surface area contributed by atoms with Crippen molar-refractivity contribution in [1.82, 2.24) is 20.9 Å². The van der Waals surface area contributed by atoms with Gasteiger partial charge in [-0.3, -0.25) is 9.89 Å². The van der Waals surface area contributed by atoms with Gasteiger partial charge < -0.3 is 16.0 Å². The molecule has 5 nitrogen and oxygen atoms in total. The van der Waals surface area contributed by atoms with Crippen molar-refractivity contribution in [3.8, 4) is 0 Å². The minimum absolute atomic E-state index is 0.870. The summed E-state index contributed by atoms with van der Waals surface area (Å²) in [5.74, 6) is 0.931. The van der Waals surface area contributed by atoms with E-state index < -0.39 is 0 Å². The lowest BCUT2D eigenvalue weighted by Gasteiger charge is -2.26. The smallest absolute Gasteiger partial charge is 0.191 e. The monoisotopic (exact) mass is 227 g/mol. The average molecular weight is 227 g/mol. The molecule has 1 fully saturated rings. The van der Waals surface area contributed by atoms with Crippen LogP contribution in [0.3, 0.4) is 0 Å². The van der Waals surface area contributed by atoms with Crippen LogP contribution in [0.1, 0.15) is 13.8 Å². The lowest BCUT2D eigenvalue weighted by Crippen LogP contribution is -2.44. The molecule has 1 saturated heterocycles. The fraction of sp³-hybridized carbons (Fsp3) is 0.909. The number of guanidine groups is 1. The summed E-state index contributed by atoms with van der Waals surface area (Å²) in [6.45, 7) is 12.4. The molecular formula is C11H25N5. The van der Waals surface area contributed by atoms with Crippen molar-refractivity contribution in [2.45, 2.75) is 13.8 Å². The third-order valence-electron chi connectivity index (χ3n) is 2.58. The van der Waals surface area contributed by atoms with Gasteiger partial charge in [-0.05, 0) is 13.8 Å². The van der Waals surface area contributed by atoms with Crippen LogP contribution in [0.4, 0.5) is 0 Å². The van der Waals surface area contributed by atoms with Gasteiger partial charge in [0.25, 0.3) is 0 Å². The molecule has 0 aliphatic carbocycles. The number of nitrogens with one attached hydrogen (secondary N) is 3. The van der Waals surface area contributed by atoms with Crippen LogP contribution in [0.2, 0.25) is 0 Å². The SMILES string of the molecule is CCNC(=NCCN1CCNCC1)NCC. The first-order valence-corrected chi connectivity index (χ1v) is 6.32. The summed E-state index contributed by atoms with van der Waals surface area (Å²) >= 11 is 0. The number of hydrogen-bond acceptors (Lipinski definition) is 3. The van der Waals surface area contributed by atoms with Crippen LogP contribution < -0.4 is 16.0 Å². The predicted molar refractivity (Wildman–Crippen MR) is 69.0 cm³/mol. The number of piperazine rings is 1.